The Kier molecular flexibility index (Phi) is 5.14. The molecule has 2 aliphatic rings. The Bertz CT molecular complexity index is 477. The Labute approximate surface area is 131 Å². The molecule has 0 aromatic heterocycles. The van der Waals surface area contributed by atoms with Crippen LogP contribution < -0.4 is 5.73 Å². The molecule has 2 aliphatic heterocycles. The van der Waals surface area contributed by atoms with Gasteiger partial charge in [0.25, 0.3) is 0 Å². The van der Waals surface area contributed by atoms with Crippen LogP contribution in [0.1, 0.15) is 23.6 Å². The van der Waals surface area contributed by atoms with Gasteiger partial charge in [0.15, 0.2) is 0 Å². The second kappa shape index (κ2) is 7.07. The van der Waals surface area contributed by atoms with Crippen LogP contribution in [0.4, 0.5) is 0 Å². The summed E-state index contributed by atoms with van der Waals surface area (Å²) in [5.74, 6) is 0. The third kappa shape index (κ3) is 3.58. The van der Waals surface area contributed by atoms with Gasteiger partial charge in [-0.1, -0.05) is 17.7 Å². The molecular weight excluding hydrogens is 286 g/mol. The molecule has 1 unspecified atom stereocenters. The fourth-order valence-electron chi connectivity index (χ4n) is 3.38. The molecule has 0 aliphatic carbocycles. The van der Waals surface area contributed by atoms with E-state index in [0.717, 1.165) is 51.0 Å². The smallest absolute Gasteiger partial charge is 0.0594 e. The molecule has 0 saturated carbocycles. The van der Waals surface area contributed by atoms with Crippen LogP contribution in [-0.2, 0) is 11.3 Å². The highest BCUT2D eigenvalue weighted by molar-refractivity contribution is 6.30. The zero-order valence-corrected chi connectivity index (χ0v) is 13.2. The number of hydrogen-bond donors (Lipinski definition) is 1. The molecule has 21 heavy (non-hydrogen) atoms. The van der Waals surface area contributed by atoms with Gasteiger partial charge in [-0.25, -0.2) is 0 Å². The van der Waals surface area contributed by atoms with E-state index < -0.39 is 0 Å². The predicted octanol–water partition coefficient (Wildman–Crippen LogP) is 1.88. The first-order valence-corrected chi connectivity index (χ1v) is 8.18. The number of fused-ring (bicyclic) bond motifs is 1. The Balaban J connectivity index is 1.54. The number of nitrogens with two attached hydrogens (primary N) is 1. The average molecular weight is 310 g/mol. The van der Waals surface area contributed by atoms with Crippen molar-refractivity contribution < 1.29 is 4.74 Å². The fraction of sp³-hybridized carbons (Fsp3) is 0.625. The Hall–Kier alpha value is -0.650. The molecule has 2 heterocycles. The van der Waals surface area contributed by atoms with Crippen LogP contribution >= 0.6 is 11.6 Å². The summed E-state index contributed by atoms with van der Waals surface area (Å²) in [6.45, 7) is 7.77. The standard InChI is InChI=1S/C16H24ClN3O/c17-14-3-2-13-12-20(16(11-18)15(13)10-14)5-1-4-19-6-8-21-9-7-19/h2-3,10,16H,1,4-9,11-12,18H2. The molecule has 4 nitrogen and oxygen atoms in total. The maximum atomic E-state index is 6.12. The summed E-state index contributed by atoms with van der Waals surface area (Å²) in [6.07, 6.45) is 1.18. The zero-order chi connectivity index (χ0) is 14.7. The molecule has 1 aromatic carbocycles. The second-order valence-electron chi connectivity index (χ2n) is 5.87. The van der Waals surface area contributed by atoms with Crippen molar-refractivity contribution in [2.75, 3.05) is 45.9 Å². The van der Waals surface area contributed by atoms with Gasteiger partial charge in [0.05, 0.1) is 13.2 Å². The lowest BCUT2D eigenvalue weighted by molar-refractivity contribution is 0.0355. The molecule has 0 amide bonds. The molecule has 0 bridgehead atoms. The summed E-state index contributed by atoms with van der Waals surface area (Å²) in [7, 11) is 0. The molecule has 3 rings (SSSR count). The van der Waals surface area contributed by atoms with Crippen molar-refractivity contribution in [2.45, 2.75) is 19.0 Å². The molecule has 1 atom stereocenters. The number of nitrogens with zero attached hydrogens (tertiary/aromatic N) is 2. The quantitative estimate of drug-likeness (QED) is 0.902. The van der Waals surface area contributed by atoms with Crippen molar-refractivity contribution in [3.63, 3.8) is 0 Å². The number of benzene rings is 1. The summed E-state index contributed by atoms with van der Waals surface area (Å²) in [6, 6.07) is 6.52. The summed E-state index contributed by atoms with van der Waals surface area (Å²) in [4.78, 5) is 4.97. The zero-order valence-electron chi connectivity index (χ0n) is 12.4. The first-order valence-electron chi connectivity index (χ1n) is 7.80. The second-order valence-corrected chi connectivity index (χ2v) is 6.31. The van der Waals surface area contributed by atoms with E-state index in [-0.39, 0.29) is 0 Å². The maximum Gasteiger partial charge on any atom is 0.0594 e. The van der Waals surface area contributed by atoms with Gasteiger partial charge >= 0.3 is 0 Å². The van der Waals surface area contributed by atoms with E-state index in [4.69, 9.17) is 22.1 Å². The lowest BCUT2D eigenvalue weighted by Gasteiger charge is -2.28. The predicted molar refractivity (Wildman–Crippen MR) is 85.5 cm³/mol. The first-order chi connectivity index (χ1) is 10.3. The molecule has 1 saturated heterocycles. The van der Waals surface area contributed by atoms with Crippen molar-refractivity contribution in [3.8, 4) is 0 Å². The highest BCUT2D eigenvalue weighted by Crippen LogP contribution is 2.34. The van der Waals surface area contributed by atoms with E-state index in [1.54, 1.807) is 0 Å². The monoisotopic (exact) mass is 309 g/mol. The molecule has 2 N–H and O–H groups in total. The molecule has 5 heteroatoms. The van der Waals surface area contributed by atoms with Crippen LogP contribution in [0.5, 0.6) is 0 Å². The molecule has 116 valence electrons. The van der Waals surface area contributed by atoms with Gasteiger partial charge in [-0.3, -0.25) is 9.80 Å². The number of morpholine rings is 1. The SMILES string of the molecule is NCC1c2cc(Cl)ccc2CN1CCCN1CCOCC1. The van der Waals surface area contributed by atoms with Crippen LogP contribution in [-0.4, -0.2) is 55.7 Å². The van der Waals surface area contributed by atoms with Gasteiger partial charge in [0, 0.05) is 43.8 Å². The van der Waals surface area contributed by atoms with Crippen LogP contribution in [0.3, 0.4) is 0 Å². The van der Waals surface area contributed by atoms with Crippen molar-refractivity contribution >= 4 is 11.6 Å². The van der Waals surface area contributed by atoms with Gasteiger partial charge in [0.2, 0.25) is 0 Å². The number of hydrogen-bond acceptors (Lipinski definition) is 4. The third-order valence-electron chi connectivity index (χ3n) is 4.53. The molecule has 1 fully saturated rings. The summed E-state index contributed by atoms with van der Waals surface area (Å²) >= 11 is 6.12. The van der Waals surface area contributed by atoms with Crippen LogP contribution in [0.15, 0.2) is 18.2 Å². The van der Waals surface area contributed by atoms with Crippen molar-refractivity contribution in [3.05, 3.63) is 34.3 Å². The summed E-state index contributed by atoms with van der Waals surface area (Å²) in [5, 5.41) is 0.808. The number of halogens is 1. The van der Waals surface area contributed by atoms with Crippen LogP contribution in [0.2, 0.25) is 5.02 Å². The minimum absolute atomic E-state index is 0.323. The van der Waals surface area contributed by atoms with Gasteiger partial charge in [0.1, 0.15) is 0 Å². The van der Waals surface area contributed by atoms with Gasteiger partial charge < -0.3 is 10.5 Å². The average Bonchev–Trinajstić information content (AvgIpc) is 2.85. The van der Waals surface area contributed by atoms with E-state index in [9.17, 15) is 0 Å². The molecule has 0 spiro atoms. The number of rotatable bonds is 5. The lowest BCUT2D eigenvalue weighted by Crippen LogP contribution is -2.38. The van der Waals surface area contributed by atoms with Crippen LogP contribution in [0.25, 0.3) is 0 Å². The van der Waals surface area contributed by atoms with Crippen molar-refractivity contribution in [1.82, 2.24) is 9.80 Å². The first kappa shape index (κ1) is 15.3. The van der Waals surface area contributed by atoms with Crippen LogP contribution in [0, 0.1) is 0 Å². The lowest BCUT2D eigenvalue weighted by atomic mass is 10.1. The highest BCUT2D eigenvalue weighted by Gasteiger charge is 2.28. The fourth-order valence-corrected chi connectivity index (χ4v) is 3.56. The molecule has 1 aromatic rings. The molecular formula is C16H24ClN3O. The van der Waals surface area contributed by atoms with E-state index in [1.165, 1.54) is 17.5 Å². The van der Waals surface area contributed by atoms with E-state index in [0.29, 0.717) is 12.6 Å². The number of ether oxygens (including phenoxy) is 1. The van der Waals surface area contributed by atoms with Gasteiger partial charge in [-0.05, 0) is 36.2 Å². The molecule has 0 radical (unpaired) electrons. The summed E-state index contributed by atoms with van der Waals surface area (Å²) in [5.41, 5.74) is 8.68. The highest BCUT2D eigenvalue weighted by atomic mass is 35.5. The minimum Gasteiger partial charge on any atom is -0.379 e. The van der Waals surface area contributed by atoms with Crippen molar-refractivity contribution in [2.24, 2.45) is 5.73 Å². The van der Waals surface area contributed by atoms with E-state index in [2.05, 4.69) is 21.9 Å². The Morgan fingerprint density at radius 2 is 2.05 bits per heavy atom. The van der Waals surface area contributed by atoms with Crippen molar-refractivity contribution in [1.29, 1.82) is 0 Å². The minimum atomic E-state index is 0.323. The Morgan fingerprint density at radius 3 is 2.81 bits per heavy atom. The van der Waals surface area contributed by atoms with Gasteiger partial charge in [-0.15, -0.1) is 0 Å². The topological polar surface area (TPSA) is 41.7 Å². The van der Waals surface area contributed by atoms with Gasteiger partial charge in [-0.2, -0.15) is 0 Å². The summed E-state index contributed by atoms with van der Waals surface area (Å²) < 4.78 is 5.39. The van der Waals surface area contributed by atoms with E-state index >= 15 is 0 Å². The largest absolute Gasteiger partial charge is 0.379 e. The Morgan fingerprint density at radius 1 is 1.24 bits per heavy atom. The maximum absolute atomic E-state index is 6.12. The third-order valence-corrected chi connectivity index (χ3v) is 4.76. The van der Waals surface area contributed by atoms with E-state index in [1.807, 2.05) is 6.07 Å². The normalized spacial score (nSPS) is 23.4.